The number of amides is 1. The molecule has 2 rings (SSSR count). The average Bonchev–Trinajstić information content (AvgIpc) is 2.36. The van der Waals surface area contributed by atoms with Crippen LogP contribution in [0.25, 0.3) is 0 Å². The van der Waals surface area contributed by atoms with Crippen molar-refractivity contribution in [1.29, 1.82) is 0 Å². The van der Waals surface area contributed by atoms with Crippen LogP contribution in [0.5, 0.6) is 0 Å². The summed E-state index contributed by atoms with van der Waals surface area (Å²) in [6, 6.07) is 0.484. The zero-order valence-electron chi connectivity index (χ0n) is 11.2. The number of fused-ring (bicyclic) bond motifs is 1. The normalized spacial score (nSPS) is 32.8. The van der Waals surface area contributed by atoms with Gasteiger partial charge in [0.1, 0.15) is 0 Å². The number of carbonyl (C=O) groups excluding carboxylic acids is 1. The van der Waals surface area contributed by atoms with E-state index in [0.717, 1.165) is 12.5 Å². The quantitative estimate of drug-likeness (QED) is 0.801. The largest absolute Gasteiger partial charge is 0.339 e. The summed E-state index contributed by atoms with van der Waals surface area (Å²) in [5.74, 6) is 1.02. The highest BCUT2D eigenvalue weighted by molar-refractivity contribution is 5.79. The number of carbonyl (C=O) groups is 1. The molecule has 3 nitrogen and oxygen atoms in total. The summed E-state index contributed by atoms with van der Waals surface area (Å²) in [6.07, 6.45) is 7.67. The SMILES string of the molecule is CC(N)C(C)C(=O)N1CCC[C@H]2CCCC[C@H]21. The van der Waals surface area contributed by atoms with Crippen molar-refractivity contribution in [2.45, 2.75) is 64.5 Å². The van der Waals surface area contributed by atoms with Gasteiger partial charge in [-0.2, -0.15) is 0 Å². The molecule has 4 atom stereocenters. The molecule has 1 saturated heterocycles. The van der Waals surface area contributed by atoms with Crippen LogP contribution >= 0.6 is 0 Å². The molecule has 0 radical (unpaired) electrons. The molecule has 3 heteroatoms. The Hall–Kier alpha value is -0.570. The standard InChI is InChI=1S/C14H26N2O/c1-10(11(2)15)14(17)16-9-5-7-12-6-3-4-8-13(12)16/h10-13H,3-9,15H2,1-2H3/t10?,11?,12-,13-/m1/s1. The number of hydrogen-bond acceptors (Lipinski definition) is 2. The van der Waals surface area contributed by atoms with Crippen LogP contribution in [0.3, 0.4) is 0 Å². The zero-order valence-corrected chi connectivity index (χ0v) is 11.2. The van der Waals surface area contributed by atoms with Crippen LogP contribution in [0.4, 0.5) is 0 Å². The van der Waals surface area contributed by atoms with E-state index in [0.29, 0.717) is 6.04 Å². The number of likely N-dealkylation sites (tertiary alicyclic amines) is 1. The van der Waals surface area contributed by atoms with Crippen molar-refractivity contribution in [3.63, 3.8) is 0 Å². The van der Waals surface area contributed by atoms with Gasteiger partial charge in [0.15, 0.2) is 0 Å². The molecular weight excluding hydrogens is 212 g/mol. The van der Waals surface area contributed by atoms with E-state index in [1.165, 1.54) is 38.5 Å². The first kappa shape index (κ1) is 12.9. The van der Waals surface area contributed by atoms with Crippen molar-refractivity contribution in [2.24, 2.45) is 17.6 Å². The topological polar surface area (TPSA) is 46.3 Å². The molecule has 1 amide bonds. The van der Waals surface area contributed by atoms with Gasteiger partial charge in [0, 0.05) is 18.6 Å². The molecule has 0 aromatic carbocycles. The van der Waals surface area contributed by atoms with Gasteiger partial charge >= 0.3 is 0 Å². The summed E-state index contributed by atoms with van der Waals surface area (Å²) in [5, 5.41) is 0. The first-order valence-electron chi connectivity index (χ1n) is 7.17. The number of rotatable bonds is 2. The molecule has 2 fully saturated rings. The fourth-order valence-electron chi connectivity index (χ4n) is 3.38. The molecule has 98 valence electrons. The second-order valence-electron chi connectivity index (χ2n) is 5.93. The Balaban J connectivity index is 2.05. The number of hydrogen-bond donors (Lipinski definition) is 1. The Labute approximate surface area is 105 Å². The van der Waals surface area contributed by atoms with Gasteiger partial charge in [-0.3, -0.25) is 4.79 Å². The van der Waals surface area contributed by atoms with Gasteiger partial charge in [0.25, 0.3) is 0 Å². The Morgan fingerprint density at radius 2 is 1.82 bits per heavy atom. The maximum Gasteiger partial charge on any atom is 0.227 e. The number of piperidine rings is 1. The highest BCUT2D eigenvalue weighted by Crippen LogP contribution is 2.35. The van der Waals surface area contributed by atoms with Crippen molar-refractivity contribution in [3.8, 4) is 0 Å². The summed E-state index contributed by atoms with van der Waals surface area (Å²) in [6.45, 7) is 4.86. The van der Waals surface area contributed by atoms with Crippen LogP contribution in [-0.2, 0) is 4.79 Å². The van der Waals surface area contributed by atoms with E-state index in [2.05, 4.69) is 4.90 Å². The van der Waals surface area contributed by atoms with Crippen LogP contribution in [0, 0.1) is 11.8 Å². The van der Waals surface area contributed by atoms with Crippen LogP contribution in [-0.4, -0.2) is 29.4 Å². The van der Waals surface area contributed by atoms with E-state index in [-0.39, 0.29) is 17.9 Å². The second kappa shape index (κ2) is 5.38. The molecule has 0 aromatic rings. The smallest absolute Gasteiger partial charge is 0.227 e. The lowest BCUT2D eigenvalue weighted by molar-refractivity contribution is -0.142. The van der Waals surface area contributed by atoms with Gasteiger partial charge in [0.05, 0.1) is 5.92 Å². The number of nitrogens with zero attached hydrogens (tertiary/aromatic N) is 1. The van der Waals surface area contributed by atoms with E-state index in [1.807, 2.05) is 13.8 Å². The molecule has 2 N–H and O–H groups in total. The molecular formula is C14H26N2O. The van der Waals surface area contributed by atoms with Gasteiger partial charge in [-0.15, -0.1) is 0 Å². The lowest BCUT2D eigenvalue weighted by Gasteiger charge is -2.45. The second-order valence-corrected chi connectivity index (χ2v) is 5.93. The minimum atomic E-state index is -0.0357. The van der Waals surface area contributed by atoms with Gasteiger partial charge in [-0.25, -0.2) is 0 Å². The summed E-state index contributed by atoms with van der Waals surface area (Å²) < 4.78 is 0. The molecule has 1 saturated carbocycles. The van der Waals surface area contributed by atoms with E-state index >= 15 is 0 Å². The van der Waals surface area contributed by atoms with Gasteiger partial charge < -0.3 is 10.6 Å². The molecule has 1 aliphatic carbocycles. The summed E-state index contributed by atoms with van der Waals surface area (Å²) in [5.41, 5.74) is 5.86. The third-order valence-corrected chi connectivity index (χ3v) is 4.70. The molecule has 0 bridgehead atoms. The molecule has 1 aliphatic heterocycles. The first-order chi connectivity index (χ1) is 8.11. The lowest BCUT2D eigenvalue weighted by Crippen LogP contribution is -2.53. The Morgan fingerprint density at radius 1 is 1.18 bits per heavy atom. The van der Waals surface area contributed by atoms with E-state index in [1.54, 1.807) is 0 Å². The van der Waals surface area contributed by atoms with Crippen molar-refractivity contribution >= 4 is 5.91 Å². The molecule has 17 heavy (non-hydrogen) atoms. The summed E-state index contributed by atoms with van der Waals surface area (Å²) in [7, 11) is 0. The fraction of sp³-hybridized carbons (Fsp3) is 0.929. The highest BCUT2D eigenvalue weighted by atomic mass is 16.2. The van der Waals surface area contributed by atoms with Crippen molar-refractivity contribution < 1.29 is 4.79 Å². The lowest BCUT2D eigenvalue weighted by atomic mass is 9.78. The molecule has 1 heterocycles. The fourth-order valence-corrected chi connectivity index (χ4v) is 3.38. The van der Waals surface area contributed by atoms with Gasteiger partial charge in [-0.05, 0) is 38.5 Å². The molecule has 2 aliphatic rings. The van der Waals surface area contributed by atoms with Crippen molar-refractivity contribution in [2.75, 3.05) is 6.54 Å². The minimum absolute atomic E-state index is 0.0318. The number of nitrogens with two attached hydrogens (primary N) is 1. The summed E-state index contributed by atoms with van der Waals surface area (Å²) >= 11 is 0. The Morgan fingerprint density at radius 3 is 2.53 bits per heavy atom. The predicted molar refractivity (Wildman–Crippen MR) is 69.5 cm³/mol. The van der Waals surface area contributed by atoms with Crippen LogP contribution < -0.4 is 5.73 Å². The maximum atomic E-state index is 12.4. The van der Waals surface area contributed by atoms with E-state index in [4.69, 9.17) is 5.73 Å². The van der Waals surface area contributed by atoms with Gasteiger partial charge in [-0.1, -0.05) is 19.8 Å². The van der Waals surface area contributed by atoms with E-state index < -0.39 is 0 Å². The molecule has 0 aromatic heterocycles. The molecule has 0 spiro atoms. The minimum Gasteiger partial charge on any atom is -0.339 e. The third-order valence-electron chi connectivity index (χ3n) is 4.70. The third kappa shape index (κ3) is 2.65. The highest BCUT2D eigenvalue weighted by Gasteiger charge is 2.37. The monoisotopic (exact) mass is 238 g/mol. The summed E-state index contributed by atoms with van der Waals surface area (Å²) in [4.78, 5) is 14.6. The molecule has 2 unspecified atom stereocenters. The van der Waals surface area contributed by atoms with E-state index in [9.17, 15) is 4.79 Å². The van der Waals surface area contributed by atoms with Crippen LogP contribution in [0.15, 0.2) is 0 Å². The maximum absolute atomic E-state index is 12.4. The first-order valence-corrected chi connectivity index (χ1v) is 7.17. The Kier molecular flexibility index (Phi) is 4.08. The average molecular weight is 238 g/mol. The predicted octanol–water partition coefficient (Wildman–Crippen LogP) is 2.15. The van der Waals surface area contributed by atoms with Crippen LogP contribution in [0.1, 0.15) is 52.4 Å². The van der Waals surface area contributed by atoms with Crippen LogP contribution in [0.2, 0.25) is 0 Å². The van der Waals surface area contributed by atoms with Gasteiger partial charge in [0.2, 0.25) is 5.91 Å². The van der Waals surface area contributed by atoms with Crippen molar-refractivity contribution in [1.82, 2.24) is 4.90 Å². The zero-order chi connectivity index (χ0) is 12.4. The Bertz CT molecular complexity index is 275. The van der Waals surface area contributed by atoms with Crippen molar-refractivity contribution in [3.05, 3.63) is 0 Å².